The number of carbonyl (C=O) groups is 1. The Kier molecular flexibility index (Phi) is 9.45. The molecule has 0 unspecified atom stereocenters. The molecule has 6 nitrogen and oxygen atoms in total. The summed E-state index contributed by atoms with van der Waals surface area (Å²) in [5, 5.41) is 1.93. The topological polar surface area (TPSA) is 69.9 Å². The molecule has 0 bridgehead atoms. The first kappa shape index (κ1) is 30.9. The summed E-state index contributed by atoms with van der Waals surface area (Å²) in [6, 6.07) is 22.8. The van der Waals surface area contributed by atoms with Crippen LogP contribution in [0.3, 0.4) is 0 Å². The monoisotopic (exact) mass is 848 g/mol. The predicted octanol–water partition coefficient (Wildman–Crippen LogP) is 6.92. The summed E-state index contributed by atoms with van der Waals surface area (Å²) in [5.74, 6) is -0.0656. The zero-order valence-corrected chi connectivity index (χ0v) is 29.1. The Morgan fingerprint density at radius 2 is 1.77 bits per heavy atom. The third-order valence-electron chi connectivity index (χ3n) is 6.80. The Hall–Kier alpha value is -3.14. The van der Waals surface area contributed by atoms with Crippen molar-refractivity contribution in [1.29, 1.82) is 0 Å². The van der Waals surface area contributed by atoms with Gasteiger partial charge in [0, 0.05) is 10.4 Å². The number of thiophene rings is 1. The van der Waals surface area contributed by atoms with E-state index in [1.807, 2.05) is 66.1 Å². The van der Waals surface area contributed by atoms with Crippen LogP contribution in [0.4, 0.5) is 4.39 Å². The second-order valence-corrected chi connectivity index (χ2v) is 14.0. The fourth-order valence-corrected chi connectivity index (χ4v) is 8.80. The van der Waals surface area contributed by atoms with Crippen molar-refractivity contribution in [2.75, 3.05) is 6.61 Å². The zero-order chi connectivity index (χ0) is 30.8. The normalized spacial score (nSPS) is 14.7. The van der Waals surface area contributed by atoms with Crippen LogP contribution >= 0.6 is 67.9 Å². The van der Waals surface area contributed by atoms with E-state index in [0.717, 1.165) is 34.5 Å². The second kappa shape index (κ2) is 13.5. The summed E-state index contributed by atoms with van der Waals surface area (Å²) in [5.41, 5.74) is 3.07. The van der Waals surface area contributed by atoms with Crippen molar-refractivity contribution in [2.24, 2.45) is 4.99 Å². The van der Waals surface area contributed by atoms with Gasteiger partial charge in [0.25, 0.3) is 5.56 Å². The average Bonchev–Trinajstić information content (AvgIpc) is 3.66. The molecule has 6 rings (SSSR count). The second-order valence-electron chi connectivity index (χ2n) is 9.68. The van der Waals surface area contributed by atoms with Crippen LogP contribution in [0, 0.1) is 13.0 Å². The number of benzene rings is 3. The summed E-state index contributed by atoms with van der Waals surface area (Å²) >= 11 is 7.20. The van der Waals surface area contributed by atoms with Gasteiger partial charge >= 0.3 is 5.97 Å². The van der Waals surface area contributed by atoms with E-state index in [-0.39, 0.29) is 18.0 Å². The maximum atomic E-state index is 14.1. The maximum Gasteiger partial charge on any atom is 0.338 e. The van der Waals surface area contributed by atoms with Gasteiger partial charge in [-0.15, -0.1) is 11.3 Å². The first-order valence-corrected chi connectivity index (χ1v) is 17.4. The molecule has 0 saturated heterocycles. The SMILES string of the molecule is CCOC(=O)C1=C(c2ccccc2)N=c2s/c(=C\c3cc(I)c(OCc4ccc(F)cc4)c(I)c3)c(=O)n2[C@H]1c1cccs1. The number of esters is 1. The number of ether oxygens (including phenoxy) is 2. The summed E-state index contributed by atoms with van der Waals surface area (Å²) < 4.78 is 28.7. The number of halogens is 3. The Bertz CT molecular complexity index is 2030. The number of fused-ring (bicyclic) bond motifs is 1. The van der Waals surface area contributed by atoms with Gasteiger partial charge in [0.15, 0.2) is 4.80 Å². The highest BCUT2D eigenvalue weighted by Gasteiger charge is 2.35. The molecule has 0 aliphatic carbocycles. The number of hydrogen-bond donors (Lipinski definition) is 0. The number of aromatic nitrogens is 1. The molecule has 3 aromatic carbocycles. The van der Waals surface area contributed by atoms with Crippen molar-refractivity contribution in [2.45, 2.75) is 19.6 Å². The minimum atomic E-state index is -0.676. The lowest BCUT2D eigenvalue weighted by molar-refractivity contribution is -0.138. The number of carbonyl (C=O) groups excluding carboxylic acids is 1. The van der Waals surface area contributed by atoms with Gasteiger partial charge in [0.05, 0.1) is 29.5 Å². The third kappa shape index (κ3) is 6.32. The van der Waals surface area contributed by atoms with E-state index >= 15 is 0 Å². The minimum absolute atomic E-state index is 0.201. The summed E-state index contributed by atoms with van der Waals surface area (Å²) in [7, 11) is 0. The van der Waals surface area contributed by atoms with Gasteiger partial charge in [-0.3, -0.25) is 9.36 Å². The number of hydrogen-bond acceptors (Lipinski definition) is 7. The van der Waals surface area contributed by atoms with E-state index in [1.54, 1.807) is 23.6 Å². The van der Waals surface area contributed by atoms with Crippen molar-refractivity contribution in [3.8, 4) is 5.75 Å². The molecule has 0 amide bonds. The Labute approximate surface area is 287 Å². The lowest BCUT2D eigenvalue weighted by atomic mass is 9.97. The highest BCUT2D eigenvalue weighted by atomic mass is 127. The van der Waals surface area contributed by atoms with Crippen molar-refractivity contribution >= 4 is 85.6 Å². The van der Waals surface area contributed by atoms with Crippen molar-refractivity contribution in [3.05, 3.63) is 144 Å². The van der Waals surface area contributed by atoms with E-state index in [2.05, 4.69) is 45.2 Å². The molecule has 222 valence electrons. The Morgan fingerprint density at radius 1 is 1.05 bits per heavy atom. The zero-order valence-electron chi connectivity index (χ0n) is 23.1. The highest BCUT2D eigenvalue weighted by molar-refractivity contribution is 14.1. The smallest absolute Gasteiger partial charge is 0.338 e. The van der Waals surface area contributed by atoms with Gasteiger partial charge < -0.3 is 9.47 Å². The molecule has 0 spiro atoms. The standard InChI is InChI=1S/C33H23FI2N2O4S2/c1-2-41-32(40)27-28(21-7-4-3-5-8-21)37-33-38(29(27)25-9-6-14-43-25)31(39)26(44-33)17-20-15-23(35)30(24(36)16-20)42-18-19-10-12-22(34)13-11-19/h3-17,29H,2,18H2,1H3/b26-17-/t29-/m0/s1. The van der Waals surface area contributed by atoms with Crippen LogP contribution in [-0.2, 0) is 16.1 Å². The van der Waals surface area contributed by atoms with Crippen LogP contribution in [0.25, 0.3) is 11.8 Å². The molecule has 3 heterocycles. The number of rotatable bonds is 8. The molecular weight excluding hydrogens is 825 g/mol. The van der Waals surface area contributed by atoms with E-state index in [4.69, 9.17) is 14.5 Å². The predicted molar refractivity (Wildman–Crippen MR) is 188 cm³/mol. The van der Waals surface area contributed by atoms with Crippen LogP contribution in [0.1, 0.15) is 34.5 Å². The molecule has 0 saturated carbocycles. The Balaban J connectivity index is 1.45. The van der Waals surface area contributed by atoms with Crippen LogP contribution in [0.2, 0.25) is 0 Å². The molecule has 1 atom stereocenters. The fraction of sp³-hybridized carbons (Fsp3) is 0.121. The molecule has 0 fully saturated rings. The van der Waals surface area contributed by atoms with E-state index in [1.165, 1.54) is 34.8 Å². The van der Waals surface area contributed by atoms with Gasteiger partial charge in [-0.05, 0) is 105 Å². The van der Waals surface area contributed by atoms with Gasteiger partial charge in [-0.25, -0.2) is 14.2 Å². The minimum Gasteiger partial charge on any atom is -0.487 e. The molecule has 2 aromatic heterocycles. The quantitative estimate of drug-likeness (QED) is 0.126. The van der Waals surface area contributed by atoms with Crippen LogP contribution in [0.5, 0.6) is 5.75 Å². The van der Waals surface area contributed by atoms with Gasteiger partial charge in [-0.1, -0.05) is 59.9 Å². The van der Waals surface area contributed by atoms with Crippen molar-refractivity contribution in [1.82, 2.24) is 4.57 Å². The molecular formula is C33H23FI2N2O4S2. The van der Waals surface area contributed by atoms with E-state index < -0.39 is 12.0 Å². The Morgan fingerprint density at radius 3 is 2.43 bits per heavy atom. The fourth-order valence-electron chi connectivity index (χ4n) is 4.84. The van der Waals surface area contributed by atoms with E-state index in [0.29, 0.717) is 27.2 Å². The first-order valence-electron chi connectivity index (χ1n) is 13.5. The molecule has 0 radical (unpaired) electrons. The highest BCUT2D eigenvalue weighted by Crippen LogP contribution is 2.37. The lowest BCUT2D eigenvalue weighted by Crippen LogP contribution is -2.39. The van der Waals surface area contributed by atoms with Gasteiger partial charge in [0.2, 0.25) is 0 Å². The molecule has 1 aliphatic rings. The first-order chi connectivity index (χ1) is 21.3. The van der Waals surface area contributed by atoms with Gasteiger partial charge in [-0.2, -0.15) is 0 Å². The maximum absolute atomic E-state index is 14.1. The third-order valence-corrected chi connectivity index (χ3v) is 10.3. The lowest BCUT2D eigenvalue weighted by Gasteiger charge is -2.24. The van der Waals surface area contributed by atoms with Gasteiger partial charge in [0.1, 0.15) is 24.2 Å². The molecule has 5 aromatic rings. The summed E-state index contributed by atoms with van der Waals surface area (Å²) in [6.45, 7) is 2.27. The summed E-state index contributed by atoms with van der Waals surface area (Å²) in [6.07, 6.45) is 1.85. The van der Waals surface area contributed by atoms with Crippen LogP contribution in [-0.4, -0.2) is 17.1 Å². The number of nitrogens with zero attached hydrogens (tertiary/aromatic N) is 2. The van der Waals surface area contributed by atoms with Crippen LogP contribution in [0.15, 0.2) is 99.6 Å². The van der Waals surface area contributed by atoms with E-state index in [9.17, 15) is 14.0 Å². The number of thiazole rings is 1. The van der Waals surface area contributed by atoms with Crippen molar-refractivity contribution < 1.29 is 18.7 Å². The molecule has 44 heavy (non-hydrogen) atoms. The van der Waals surface area contributed by atoms with Crippen molar-refractivity contribution in [3.63, 3.8) is 0 Å². The largest absolute Gasteiger partial charge is 0.487 e. The summed E-state index contributed by atoms with van der Waals surface area (Å²) in [4.78, 5) is 33.8. The average molecular weight is 848 g/mol. The molecule has 11 heteroatoms. The molecule has 1 aliphatic heterocycles. The van der Waals surface area contributed by atoms with Crippen LogP contribution < -0.4 is 19.6 Å². The molecule has 0 N–H and O–H groups in total.